The quantitative estimate of drug-likeness (QED) is 0.385. The predicted octanol–water partition coefficient (Wildman–Crippen LogP) is 2.43. The Kier molecular flexibility index (Phi) is 7.78. The van der Waals surface area contributed by atoms with Crippen LogP contribution in [0.2, 0.25) is 6.32 Å². The third kappa shape index (κ3) is 5.06. The number of aliphatic carboxylic acids is 1. The minimum absolute atomic E-state index is 0.121. The van der Waals surface area contributed by atoms with Gasteiger partial charge in [-0.1, -0.05) is 38.3 Å². The minimum Gasteiger partial charge on any atom is -0.480 e. The monoisotopic (exact) mass is 325 g/mol. The van der Waals surface area contributed by atoms with Crippen molar-refractivity contribution in [3.05, 3.63) is 11.6 Å². The van der Waals surface area contributed by atoms with Crippen LogP contribution in [0, 0.1) is 17.8 Å². The number of carboxylic acid groups (broad SMARTS) is 1. The first-order chi connectivity index (χ1) is 10.8. The molecule has 0 heterocycles. The molecular formula is C17H32BNO4. The van der Waals surface area contributed by atoms with E-state index in [-0.39, 0.29) is 18.2 Å². The van der Waals surface area contributed by atoms with Gasteiger partial charge in [-0.3, -0.25) is 4.79 Å². The molecule has 5 N–H and O–H groups in total. The third-order valence-corrected chi connectivity index (χ3v) is 5.58. The molecular weight excluding hydrogens is 293 g/mol. The van der Waals surface area contributed by atoms with Crippen LogP contribution in [0.3, 0.4) is 0 Å². The normalized spacial score (nSPS) is 31.4. The van der Waals surface area contributed by atoms with Gasteiger partial charge in [-0.05, 0) is 56.7 Å². The molecule has 1 aliphatic rings. The average Bonchev–Trinajstić information content (AvgIpc) is 2.78. The molecule has 5 nitrogen and oxygen atoms in total. The predicted molar refractivity (Wildman–Crippen MR) is 92.8 cm³/mol. The Morgan fingerprint density at radius 2 is 2.04 bits per heavy atom. The number of carbonyl (C=O) groups is 1. The highest BCUT2D eigenvalue weighted by molar-refractivity contribution is 6.40. The van der Waals surface area contributed by atoms with Crippen molar-refractivity contribution < 1.29 is 19.9 Å². The highest BCUT2D eigenvalue weighted by Gasteiger charge is 2.54. The summed E-state index contributed by atoms with van der Waals surface area (Å²) < 4.78 is 0. The first kappa shape index (κ1) is 20.2. The van der Waals surface area contributed by atoms with Crippen molar-refractivity contribution >= 4 is 13.1 Å². The Bertz CT molecular complexity index is 427. The van der Waals surface area contributed by atoms with E-state index >= 15 is 0 Å². The topological polar surface area (TPSA) is 104 Å². The van der Waals surface area contributed by atoms with Crippen LogP contribution >= 0.6 is 0 Å². The fraction of sp³-hybridized carbons (Fsp3) is 0.824. The molecule has 4 unspecified atom stereocenters. The first-order valence-electron chi connectivity index (χ1n) is 8.80. The molecule has 1 rings (SSSR count). The summed E-state index contributed by atoms with van der Waals surface area (Å²) in [5, 5.41) is 27.7. The van der Waals surface area contributed by atoms with Crippen molar-refractivity contribution in [3.8, 4) is 0 Å². The molecule has 0 radical (unpaired) electrons. The number of hydrogen-bond acceptors (Lipinski definition) is 4. The molecule has 4 atom stereocenters. The van der Waals surface area contributed by atoms with E-state index in [2.05, 4.69) is 26.8 Å². The van der Waals surface area contributed by atoms with Crippen LogP contribution in [0.1, 0.15) is 59.3 Å². The van der Waals surface area contributed by atoms with Gasteiger partial charge in [0.15, 0.2) is 0 Å². The van der Waals surface area contributed by atoms with Gasteiger partial charge >= 0.3 is 13.1 Å². The van der Waals surface area contributed by atoms with Crippen LogP contribution in [0.4, 0.5) is 0 Å². The molecule has 0 bridgehead atoms. The lowest BCUT2D eigenvalue weighted by atomic mass is 9.74. The summed E-state index contributed by atoms with van der Waals surface area (Å²) in [5.41, 5.74) is 6.43. The standard InChI is InChI=1S/C17H32BNO4/c1-4-12(3)8-9-14-13(5-2)11-17(19,16(20)21)15(14)7-6-10-18(22)23/h8,13-15,22-23H,4-7,9-11,19H2,1-3H3,(H,20,21)/b12-8-. The third-order valence-electron chi connectivity index (χ3n) is 5.58. The van der Waals surface area contributed by atoms with Gasteiger partial charge < -0.3 is 20.9 Å². The van der Waals surface area contributed by atoms with Crippen molar-refractivity contribution in [2.45, 2.75) is 71.2 Å². The van der Waals surface area contributed by atoms with Gasteiger partial charge in [0.1, 0.15) is 5.54 Å². The van der Waals surface area contributed by atoms with Crippen molar-refractivity contribution in [1.29, 1.82) is 0 Å². The average molecular weight is 325 g/mol. The van der Waals surface area contributed by atoms with E-state index in [4.69, 9.17) is 15.8 Å². The van der Waals surface area contributed by atoms with Crippen molar-refractivity contribution in [2.75, 3.05) is 0 Å². The summed E-state index contributed by atoms with van der Waals surface area (Å²) in [5.74, 6) is -0.492. The molecule has 23 heavy (non-hydrogen) atoms. The maximum Gasteiger partial charge on any atom is 0.451 e. The van der Waals surface area contributed by atoms with Gasteiger partial charge in [0.05, 0.1) is 0 Å². The molecule has 1 saturated carbocycles. The molecule has 1 aliphatic carbocycles. The SMILES string of the molecule is CC/C(C)=C\CC1C(CC)CC(N)(C(=O)O)C1CCCB(O)O. The number of carboxylic acids is 1. The fourth-order valence-electron chi connectivity index (χ4n) is 3.97. The molecule has 132 valence electrons. The van der Waals surface area contributed by atoms with Crippen LogP contribution in [0.5, 0.6) is 0 Å². The summed E-state index contributed by atoms with van der Waals surface area (Å²) in [6.07, 6.45) is 6.98. The molecule has 0 spiro atoms. The van der Waals surface area contributed by atoms with E-state index in [1.165, 1.54) is 5.57 Å². The Morgan fingerprint density at radius 3 is 2.52 bits per heavy atom. The molecule has 0 amide bonds. The summed E-state index contributed by atoms with van der Waals surface area (Å²) in [6.45, 7) is 6.30. The largest absolute Gasteiger partial charge is 0.480 e. The minimum atomic E-state index is -1.34. The Labute approximate surface area is 140 Å². The summed E-state index contributed by atoms with van der Waals surface area (Å²) in [7, 11) is -1.34. The summed E-state index contributed by atoms with van der Waals surface area (Å²) >= 11 is 0. The number of allylic oxidation sites excluding steroid dienone is 2. The maximum absolute atomic E-state index is 11.8. The Morgan fingerprint density at radius 1 is 1.39 bits per heavy atom. The zero-order chi connectivity index (χ0) is 17.6. The lowest BCUT2D eigenvalue weighted by molar-refractivity contribution is -0.145. The van der Waals surface area contributed by atoms with E-state index < -0.39 is 18.6 Å². The highest BCUT2D eigenvalue weighted by Crippen LogP contribution is 2.49. The van der Waals surface area contributed by atoms with Crippen molar-refractivity contribution in [3.63, 3.8) is 0 Å². The summed E-state index contributed by atoms with van der Waals surface area (Å²) in [4.78, 5) is 11.8. The molecule has 0 aromatic heterocycles. The number of nitrogens with two attached hydrogens (primary N) is 1. The van der Waals surface area contributed by atoms with Gasteiger partial charge in [0.2, 0.25) is 0 Å². The lowest BCUT2D eigenvalue weighted by Gasteiger charge is -2.30. The molecule has 6 heteroatoms. The molecule has 0 aromatic carbocycles. The lowest BCUT2D eigenvalue weighted by Crippen LogP contribution is -2.52. The summed E-state index contributed by atoms with van der Waals surface area (Å²) in [6, 6.07) is 0. The molecule has 0 aliphatic heterocycles. The van der Waals surface area contributed by atoms with Gasteiger partial charge in [-0.2, -0.15) is 0 Å². The van der Waals surface area contributed by atoms with Crippen molar-refractivity contribution in [1.82, 2.24) is 0 Å². The second-order valence-corrected chi connectivity index (χ2v) is 7.04. The van der Waals surface area contributed by atoms with Crippen LogP contribution in [0.15, 0.2) is 11.6 Å². The van der Waals surface area contributed by atoms with E-state index in [9.17, 15) is 9.90 Å². The van der Waals surface area contributed by atoms with E-state index in [1.54, 1.807) is 0 Å². The number of rotatable bonds is 9. The fourth-order valence-corrected chi connectivity index (χ4v) is 3.97. The van der Waals surface area contributed by atoms with E-state index in [1.807, 2.05) is 0 Å². The smallest absolute Gasteiger partial charge is 0.451 e. The maximum atomic E-state index is 11.8. The van der Waals surface area contributed by atoms with Crippen LogP contribution in [0.25, 0.3) is 0 Å². The van der Waals surface area contributed by atoms with Crippen LogP contribution < -0.4 is 5.73 Å². The van der Waals surface area contributed by atoms with E-state index in [0.717, 1.165) is 19.3 Å². The molecule has 0 saturated heterocycles. The molecule has 1 fully saturated rings. The van der Waals surface area contributed by atoms with Gasteiger partial charge in [-0.25, -0.2) is 0 Å². The zero-order valence-corrected chi connectivity index (χ0v) is 14.7. The van der Waals surface area contributed by atoms with Crippen LogP contribution in [-0.2, 0) is 4.79 Å². The van der Waals surface area contributed by atoms with Crippen molar-refractivity contribution in [2.24, 2.45) is 23.5 Å². The second kappa shape index (κ2) is 8.85. The van der Waals surface area contributed by atoms with E-state index in [0.29, 0.717) is 25.2 Å². The van der Waals surface area contributed by atoms with Gasteiger partial charge in [0, 0.05) is 0 Å². The van der Waals surface area contributed by atoms with Crippen LogP contribution in [-0.4, -0.2) is 33.8 Å². The zero-order valence-electron chi connectivity index (χ0n) is 14.7. The van der Waals surface area contributed by atoms with Gasteiger partial charge in [-0.15, -0.1) is 0 Å². The first-order valence-corrected chi connectivity index (χ1v) is 8.80. The molecule has 0 aromatic rings. The second-order valence-electron chi connectivity index (χ2n) is 7.04. The highest BCUT2D eigenvalue weighted by atomic mass is 16.4. The number of hydrogen-bond donors (Lipinski definition) is 4. The Hall–Kier alpha value is -0.845. The van der Waals surface area contributed by atoms with Gasteiger partial charge in [0.25, 0.3) is 0 Å². The Balaban J connectivity index is 2.96.